The third-order valence-electron chi connectivity index (χ3n) is 4.90. The van der Waals surface area contributed by atoms with Crippen molar-refractivity contribution in [2.45, 2.75) is 17.8 Å². The van der Waals surface area contributed by atoms with E-state index in [4.69, 9.17) is 21.3 Å². The molecule has 1 heterocycles. The number of hydrogen-bond donors (Lipinski definition) is 0. The molecule has 4 aromatic rings. The minimum absolute atomic E-state index is 0.144. The zero-order chi connectivity index (χ0) is 22.0. The number of fused-ring (bicyclic) bond motifs is 1. The molecule has 0 saturated heterocycles. The lowest BCUT2D eigenvalue weighted by Gasteiger charge is -2.14. The van der Waals surface area contributed by atoms with Gasteiger partial charge < -0.3 is 4.74 Å². The highest BCUT2D eigenvalue weighted by Gasteiger charge is 2.14. The Morgan fingerprint density at radius 3 is 2.55 bits per heavy atom. The molecule has 3 aromatic carbocycles. The van der Waals surface area contributed by atoms with Crippen LogP contribution < -0.4 is 5.56 Å². The minimum atomic E-state index is -0.375. The first-order valence-electron chi connectivity index (χ1n) is 9.56. The lowest BCUT2D eigenvalue weighted by molar-refractivity contribution is 0.0600. The van der Waals surface area contributed by atoms with Gasteiger partial charge in [0.25, 0.3) is 5.56 Å². The zero-order valence-corrected chi connectivity index (χ0v) is 18.5. The van der Waals surface area contributed by atoms with Crippen LogP contribution in [0.15, 0.2) is 76.7 Å². The van der Waals surface area contributed by atoms with Crippen molar-refractivity contribution in [3.8, 4) is 5.69 Å². The van der Waals surface area contributed by atoms with Gasteiger partial charge in [0.1, 0.15) is 0 Å². The van der Waals surface area contributed by atoms with Crippen LogP contribution in [-0.2, 0) is 10.5 Å². The van der Waals surface area contributed by atoms with Gasteiger partial charge in [-0.2, -0.15) is 0 Å². The van der Waals surface area contributed by atoms with Gasteiger partial charge in [-0.15, -0.1) is 0 Å². The van der Waals surface area contributed by atoms with Crippen molar-refractivity contribution in [1.29, 1.82) is 0 Å². The number of carbonyl (C=O) groups excluding carboxylic acids is 1. The summed E-state index contributed by atoms with van der Waals surface area (Å²) in [6.07, 6.45) is 0. The van der Waals surface area contributed by atoms with E-state index in [-0.39, 0.29) is 11.5 Å². The Morgan fingerprint density at radius 2 is 1.84 bits per heavy atom. The van der Waals surface area contributed by atoms with Crippen LogP contribution >= 0.6 is 23.4 Å². The summed E-state index contributed by atoms with van der Waals surface area (Å²) < 4.78 is 6.34. The number of para-hydroxylation sites is 1. The summed E-state index contributed by atoms with van der Waals surface area (Å²) in [6, 6.07) is 20.0. The molecule has 0 saturated carbocycles. The molecule has 0 aliphatic carbocycles. The molecular formula is C24H19ClN2O3S. The number of ether oxygens (including phenoxy) is 1. The van der Waals surface area contributed by atoms with Gasteiger partial charge in [-0.05, 0) is 54.4 Å². The number of rotatable bonds is 5. The number of halogens is 1. The van der Waals surface area contributed by atoms with Gasteiger partial charge in [0.2, 0.25) is 0 Å². The van der Waals surface area contributed by atoms with Crippen molar-refractivity contribution in [3.63, 3.8) is 0 Å². The first-order valence-corrected chi connectivity index (χ1v) is 10.9. The van der Waals surface area contributed by atoms with Crippen molar-refractivity contribution in [2.24, 2.45) is 0 Å². The summed E-state index contributed by atoms with van der Waals surface area (Å²) in [5, 5.41) is 1.71. The Bertz CT molecular complexity index is 1330. The van der Waals surface area contributed by atoms with Crippen molar-refractivity contribution in [2.75, 3.05) is 7.11 Å². The number of nitrogens with zero attached hydrogens (tertiary/aromatic N) is 2. The highest BCUT2D eigenvalue weighted by atomic mass is 35.5. The molecule has 0 atom stereocenters. The Morgan fingerprint density at radius 1 is 1.10 bits per heavy atom. The quantitative estimate of drug-likeness (QED) is 0.230. The van der Waals surface area contributed by atoms with Crippen molar-refractivity contribution in [1.82, 2.24) is 9.55 Å². The molecule has 0 amide bonds. The molecule has 4 rings (SSSR count). The number of carbonyl (C=O) groups is 1. The Balaban J connectivity index is 1.74. The lowest BCUT2D eigenvalue weighted by atomic mass is 10.1. The molecule has 0 aliphatic rings. The molecule has 31 heavy (non-hydrogen) atoms. The molecule has 7 heteroatoms. The van der Waals surface area contributed by atoms with Crippen LogP contribution in [0.3, 0.4) is 0 Å². The number of hydrogen-bond acceptors (Lipinski definition) is 5. The minimum Gasteiger partial charge on any atom is -0.465 e. The summed E-state index contributed by atoms with van der Waals surface area (Å²) in [6.45, 7) is 1.92. The van der Waals surface area contributed by atoms with Gasteiger partial charge in [-0.1, -0.05) is 53.7 Å². The van der Waals surface area contributed by atoms with E-state index in [2.05, 4.69) is 0 Å². The smallest absolute Gasteiger partial charge is 0.337 e. The fraction of sp³-hybridized carbons (Fsp3) is 0.125. The van der Waals surface area contributed by atoms with Crippen LogP contribution in [0.4, 0.5) is 0 Å². The van der Waals surface area contributed by atoms with E-state index in [9.17, 15) is 9.59 Å². The van der Waals surface area contributed by atoms with E-state index in [1.165, 1.54) is 18.9 Å². The predicted octanol–water partition coefficient (Wildman–Crippen LogP) is 5.43. The van der Waals surface area contributed by atoms with Gasteiger partial charge in [0.15, 0.2) is 5.16 Å². The second-order valence-electron chi connectivity index (χ2n) is 6.96. The molecule has 0 spiro atoms. The predicted molar refractivity (Wildman–Crippen MR) is 124 cm³/mol. The molecule has 0 radical (unpaired) electrons. The molecule has 0 N–H and O–H groups in total. The van der Waals surface area contributed by atoms with E-state index >= 15 is 0 Å². The largest absolute Gasteiger partial charge is 0.465 e. The Labute approximate surface area is 188 Å². The van der Waals surface area contributed by atoms with Crippen molar-refractivity contribution in [3.05, 3.63) is 98.8 Å². The fourth-order valence-electron chi connectivity index (χ4n) is 3.16. The Hall–Kier alpha value is -3.09. The zero-order valence-electron chi connectivity index (χ0n) is 17.0. The van der Waals surface area contributed by atoms with Gasteiger partial charge in [-0.3, -0.25) is 9.36 Å². The van der Waals surface area contributed by atoms with Gasteiger partial charge >= 0.3 is 5.97 Å². The van der Waals surface area contributed by atoms with Crippen LogP contribution in [0.1, 0.15) is 21.5 Å². The van der Waals surface area contributed by atoms with Gasteiger partial charge in [-0.25, -0.2) is 9.78 Å². The first kappa shape index (κ1) is 21.2. The third-order valence-corrected chi connectivity index (χ3v) is 6.32. The SMILES string of the molecule is COC(=O)c1ccc(CSc2nc3ccccc3c(=O)n2-c2ccc(C)c(Cl)c2)cc1. The van der Waals surface area contributed by atoms with Gasteiger partial charge in [0, 0.05) is 10.8 Å². The van der Waals surface area contributed by atoms with Crippen LogP contribution in [-0.4, -0.2) is 22.6 Å². The molecule has 156 valence electrons. The van der Waals surface area contributed by atoms with Crippen LogP contribution in [0, 0.1) is 6.92 Å². The van der Waals surface area contributed by atoms with E-state index in [0.29, 0.717) is 38.1 Å². The average Bonchev–Trinajstić information content (AvgIpc) is 2.79. The molecule has 5 nitrogen and oxygen atoms in total. The lowest BCUT2D eigenvalue weighted by Crippen LogP contribution is -2.21. The highest BCUT2D eigenvalue weighted by Crippen LogP contribution is 2.27. The summed E-state index contributed by atoms with van der Waals surface area (Å²) in [5.74, 6) is 0.201. The number of aryl methyl sites for hydroxylation is 1. The van der Waals surface area contributed by atoms with Crippen molar-refractivity contribution >= 4 is 40.2 Å². The number of thioether (sulfide) groups is 1. The standard InChI is InChI=1S/C24H19ClN2O3S/c1-15-7-12-18(13-20(15)25)27-22(28)19-5-3-4-6-21(19)26-24(27)31-14-16-8-10-17(11-9-16)23(29)30-2/h3-13H,14H2,1-2H3. The van der Waals surface area contributed by atoms with Gasteiger partial charge in [0.05, 0.1) is 29.3 Å². The van der Waals surface area contributed by atoms with Crippen molar-refractivity contribution < 1.29 is 9.53 Å². The molecule has 0 fully saturated rings. The van der Waals surface area contributed by atoms with E-state index < -0.39 is 0 Å². The average molecular weight is 451 g/mol. The second kappa shape index (κ2) is 8.96. The molecule has 0 aliphatic heterocycles. The number of benzene rings is 3. The maximum absolute atomic E-state index is 13.3. The van der Waals surface area contributed by atoms with Crippen LogP contribution in [0.5, 0.6) is 0 Å². The van der Waals surface area contributed by atoms with Crippen LogP contribution in [0.25, 0.3) is 16.6 Å². The summed E-state index contributed by atoms with van der Waals surface area (Å²) in [5.41, 5.74) is 3.59. The summed E-state index contributed by atoms with van der Waals surface area (Å²) >= 11 is 7.78. The fourth-order valence-corrected chi connectivity index (χ4v) is 4.30. The molecular weight excluding hydrogens is 432 g/mol. The normalized spacial score (nSPS) is 10.9. The molecule has 0 bridgehead atoms. The highest BCUT2D eigenvalue weighted by molar-refractivity contribution is 7.98. The second-order valence-corrected chi connectivity index (χ2v) is 8.31. The van der Waals surface area contributed by atoms with E-state index in [0.717, 1.165) is 11.1 Å². The topological polar surface area (TPSA) is 61.2 Å². The maximum atomic E-state index is 13.3. The number of esters is 1. The molecule has 1 aromatic heterocycles. The van der Waals surface area contributed by atoms with E-state index in [1.54, 1.807) is 28.8 Å². The summed E-state index contributed by atoms with van der Waals surface area (Å²) in [4.78, 5) is 29.7. The monoisotopic (exact) mass is 450 g/mol. The third kappa shape index (κ3) is 4.36. The van der Waals surface area contributed by atoms with E-state index in [1.807, 2.05) is 49.4 Å². The number of aromatic nitrogens is 2. The molecule has 0 unspecified atom stereocenters. The van der Waals surface area contributed by atoms with Crippen LogP contribution in [0.2, 0.25) is 5.02 Å². The maximum Gasteiger partial charge on any atom is 0.337 e. The Kier molecular flexibility index (Phi) is 6.11. The first-order chi connectivity index (χ1) is 15.0. The summed E-state index contributed by atoms with van der Waals surface area (Å²) in [7, 11) is 1.36. The number of methoxy groups -OCH3 is 1.